The first-order valence-electron chi connectivity index (χ1n) is 5.07. The molecule has 0 atom stereocenters. The number of hydrogen-bond acceptors (Lipinski definition) is 4. The molecule has 2 N–H and O–H groups in total. The summed E-state index contributed by atoms with van der Waals surface area (Å²) in [5, 5.41) is 12.2. The van der Waals surface area contributed by atoms with Gasteiger partial charge in [0.2, 0.25) is 5.91 Å². The van der Waals surface area contributed by atoms with Crippen molar-refractivity contribution < 1.29 is 9.90 Å². The van der Waals surface area contributed by atoms with Crippen molar-refractivity contribution >= 4 is 17.2 Å². The monoisotopic (exact) mass is 228 g/mol. The van der Waals surface area contributed by atoms with Gasteiger partial charge in [0.05, 0.1) is 6.54 Å². The van der Waals surface area contributed by atoms with Crippen molar-refractivity contribution in [1.82, 2.24) is 10.3 Å². The third-order valence-electron chi connectivity index (χ3n) is 1.95. The molecule has 0 unspecified atom stereocenters. The quantitative estimate of drug-likeness (QED) is 0.766. The lowest BCUT2D eigenvalue weighted by atomic mass is 10.3. The van der Waals surface area contributed by atoms with Gasteiger partial charge >= 0.3 is 0 Å². The van der Waals surface area contributed by atoms with E-state index in [1.54, 1.807) is 11.3 Å². The first kappa shape index (κ1) is 12.1. The van der Waals surface area contributed by atoms with Crippen LogP contribution in [0.5, 0.6) is 0 Å². The van der Waals surface area contributed by atoms with Crippen LogP contribution in [0.1, 0.15) is 29.7 Å². The molecule has 0 saturated carbocycles. The topological polar surface area (TPSA) is 62.2 Å². The van der Waals surface area contributed by atoms with E-state index in [-0.39, 0.29) is 12.5 Å². The number of nitrogens with one attached hydrogen (secondary N) is 1. The number of carbonyl (C=O) groups excluding carboxylic acids is 1. The Hall–Kier alpha value is -0.940. The summed E-state index contributed by atoms with van der Waals surface area (Å²) in [5.74, 6) is -0.0303. The molecule has 1 aromatic heterocycles. The van der Waals surface area contributed by atoms with Crippen LogP contribution in [-0.2, 0) is 17.8 Å². The summed E-state index contributed by atoms with van der Waals surface area (Å²) < 4.78 is 0. The number of hydrogen-bond donors (Lipinski definition) is 2. The second-order valence-corrected chi connectivity index (χ2v) is 4.38. The first-order chi connectivity index (χ1) is 7.26. The maximum atomic E-state index is 11.2. The van der Waals surface area contributed by atoms with Gasteiger partial charge in [0, 0.05) is 24.1 Å². The highest BCUT2D eigenvalue weighted by atomic mass is 32.1. The molecule has 1 aromatic rings. The zero-order valence-corrected chi connectivity index (χ0v) is 9.64. The smallest absolute Gasteiger partial charge is 0.220 e. The molecule has 4 nitrogen and oxygen atoms in total. The molecule has 15 heavy (non-hydrogen) atoms. The zero-order valence-electron chi connectivity index (χ0n) is 8.82. The fraction of sp³-hybridized carbons (Fsp3) is 0.600. The van der Waals surface area contributed by atoms with E-state index in [9.17, 15) is 4.79 Å². The average molecular weight is 228 g/mol. The van der Waals surface area contributed by atoms with Gasteiger partial charge in [-0.1, -0.05) is 6.92 Å². The predicted molar refractivity (Wildman–Crippen MR) is 59.7 cm³/mol. The average Bonchev–Trinajstić information content (AvgIpc) is 2.71. The van der Waals surface area contributed by atoms with E-state index in [0.717, 1.165) is 11.4 Å². The lowest BCUT2D eigenvalue weighted by molar-refractivity contribution is -0.121. The molecule has 5 heteroatoms. The highest BCUT2D eigenvalue weighted by Crippen LogP contribution is 2.12. The molecule has 0 spiro atoms. The minimum atomic E-state index is -0.0303. The normalized spacial score (nSPS) is 10.3. The minimum Gasteiger partial charge on any atom is -0.396 e. The Balaban J connectivity index is 2.27. The standard InChI is InChI=1S/C10H16N2O2S/c1-2-8-6-12-10(15-8)7-11-9(14)4-3-5-13/h6,13H,2-5,7H2,1H3,(H,11,14). The SMILES string of the molecule is CCc1cnc(CNC(=O)CCCO)s1. The second kappa shape index (κ2) is 6.53. The molecule has 0 aliphatic heterocycles. The summed E-state index contributed by atoms with van der Waals surface area (Å²) in [6.45, 7) is 2.64. The van der Waals surface area contributed by atoms with Crippen LogP contribution in [0.4, 0.5) is 0 Å². The van der Waals surface area contributed by atoms with Gasteiger partial charge < -0.3 is 10.4 Å². The fourth-order valence-electron chi connectivity index (χ4n) is 1.10. The van der Waals surface area contributed by atoms with Crippen molar-refractivity contribution in [1.29, 1.82) is 0 Å². The molecular formula is C10H16N2O2S. The molecule has 0 aliphatic carbocycles. The maximum absolute atomic E-state index is 11.2. The lowest BCUT2D eigenvalue weighted by Crippen LogP contribution is -2.22. The number of aliphatic hydroxyl groups is 1. The molecule has 1 rings (SSSR count). The van der Waals surface area contributed by atoms with Gasteiger partial charge in [0.15, 0.2) is 0 Å². The van der Waals surface area contributed by atoms with E-state index in [1.165, 1.54) is 4.88 Å². The molecule has 1 amide bonds. The van der Waals surface area contributed by atoms with Gasteiger partial charge in [-0.2, -0.15) is 0 Å². The van der Waals surface area contributed by atoms with Crippen molar-refractivity contribution in [3.8, 4) is 0 Å². The van der Waals surface area contributed by atoms with Crippen molar-refractivity contribution in [2.24, 2.45) is 0 Å². The van der Waals surface area contributed by atoms with E-state index in [1.807, 2.05) is 6.20 Å². The number of amides is 1. The molecule has 0 bridgehead atoms. The summed E-state index contributed by atoms with van der Waals surface area (Å²) in [6.07, 6.45) is 3.72. The number of nitrogens with zero attached hydrogens (tertiary/aromatic N) is 1. The number of aliphatic hydroxyl groups excluding tert-OH is 1. The predicted octanol–water partition coefficient (Wildman–Crippen LogP) is 1.09. The molecule has 84 valence electrons. The molecule has 0 saturated heterocycles. The van der Waals surface area contributed by atoms with E-state index < -0.39 is 0 Å². The van der Waals surface area contributed by atoms with Gasteiger partial charge in [-0.15, -0.1) is 11.3 Å². The lowest BCUT2D eigenvalue weighted by Gasteiger charge is -2.01. The number of rotatable bonds is 6. The molecular weight excluding hydrogens is 212 g/mol. The van der Waals surface area contributed by atoms with Crippen LogP contribution >= 0.6 is 11.3 Å². The van der Waals surface area contributed by atoms with Crippen LogP contribution in [0.15, 0.2) is 6.20 Å². The summed E-state index contributed by atoms with van der Waals surface area (Å²) in [7, 11) is 0. The molecule has 1 heterocycles. The molecule has 0 radical (unpaired) electrons. The third kappa shape index (κ3) is 4.40. The number of aryl methyl sites for hydroxylation is 1. The second-order valence-electron chi connectivity index (χ2n) is 3.18. The number of aromatic nitrogens is 1. The highest BCUT2D eigenvalue weighted by Gasteiger charge is 2.03. The van der Waals surface area contributed by atoms with Gasteiger partial charge in [0.1, 0.15) is 5.01 Å². The molecule has 0 aliphatic rings. The van der Waals surface area contributed by atoms with Crippen molar-refractivity contribution in [3.63, 3.8) is 0 Å². The zero-order chi connectivity index (χ0) is 11.1. The van der Waals surface area contributed by atoms with Crippen LogP contribution in [0.25, 0.3) is 0 Å². The van der Waals surface area contributed by atoms with E-state index >= 15 is 0 Å². The van der Waals surface area contributed by atoms with Crippen molar-refractivity contribution in [2.75, 3.05) is 6.61 Å². The van der Waals surface area contributed by atoms with Gasteiger partial charge in [-0.05, 0) is 12.8 Å². The summed E-state index contributed by atoms with van der Waals surface area (Å²) in [4.78, 5) is 16.6. The van der Waals surface area contributed by atoms with E-state index in [4.69, 9.17) is 5.11 Å². The highest BCUT2D eigenvalue weighted by molar-refractivity contribution is 7.11. The van der Waals surface area contributed by atoms with Gasteiger partial charge in [-0.25, -0.2) is 4.98 Å². The Labute approximate surface area is 93.4 Å². The minimum absolute atomic E-state index is 0.0303. The Kier molecular flexibility index (Phi) is 5.28. The molecule has 0 aromatic carbocycles. The van der Waals surface area contributed by atoms with E-state index in [0.29, 0.717) is 19.4 Å². The van der Waals surface area contributed by atoms with Crippen LogP contribution < -0.4 is 5.32 Å². The first-order valence-corrected chi connectivity index (χ1v) is 5.89. The van der Waals surface area contributed by atoms with Crippen LogP contribution in [0.2, 0.25) is 0 Å². The Morgan fingerprint density at radius 3 is 3.07 bits per heavy atom. The number of carbonyl (C=O) groups is 1. The maximum Gasteiger partial charge on any atom is 0.220 e. The summed E-state index contributed by atoms with van der Waals surface area (Å²) in [5.41, 5.74) is 0. The van der Waals surface area contributed by atoms with Crippen LogP contribution in [0, 0.1) is 0 Å². The van der Waals surface area contributed by atoms with Gasteiger partial charge in [0.25, 0.3) is 0 Å². The summed E-state index contributed by atoms with van der Waals surface area (Å²) >= 11 is 1.62. The Morgan fingerprint density at radius 1 is 1.67 bits per heavy atom. The number of thiazole rings is 1. The van der Waals surface area contributed by atoms with Crippen molar-refractivity contribution in [3.05, 3.63) is 16.1 Å². The van der Waals surface area contributed by atoms with Gasteiger partial charge in [-0.3, -0.25) is 4.79 Å². The fourth-order valence-corrected chi connectivity index (χ4v) is 1.90. The van der Waals surface area contributed by atoms with E-state index in [2.05, 4.69) is 17.2 Å². The largest absolute Gasteiger partial charge is 0.396 e. The Bertz CT molecular complexity index is 312. The van der Waals surface area contributed by atoms with Crippen LogP contribution in [-0.4, -0.2) is 22.6 Å². The van der Waals surface area contributed by atoms with Crippen LogP contribution in [0.3, 0.4) is 0 Å². The van der Waals surface area contributed by atoms with Crippen molar-refractivity contribution in [2.45, 2.75) is 32.7 Å². The third-order valence-corrected chi connectivity index (χ3v) is 3.09. The summed E-state index contributed by atoms with van der Waals surface area (Å²) in [6, 6.07) is 0. The molecule has 0 fully saturated rings. The Morgan fingerprint density at radius 2 is 2.47 bits per heavy atom.